The van der Waals surface area contributed by atoms with Gasteiger partial charge in [-0.15, -0.1) is 0 Å². The number of alkyl halides is 2. The molecule has 0 spiro atoms. The van der Waals surface area contributed by atoms with Gasteiger partial charge in [-0.1, -0.05) is 13.0 Å². The molecule has 1 aromatic heterocycles. The molecule has 1 aliphatic heterocycles. The van der Waals surface area contributed by atoms with Crippen LogP contribution in [0.5, 0.6) is 5.75 Å². The molecule has 1 saturated heterocycles. The van der Waals surface area contributed by atoms with Gasteiger partial charge in [-0.05, 0) is 24.5 Å². The third-order valence-corrected chi connectivity index (χ3v) is 4.68. The maximum atomic E-state index is 14.3. The summed E-state index contributed by atoms with van der Waals surface area (Å²) in [5.41, 5.74) is 0.202. The van der Waals surface area contributed by atoms with Crippen LogP contribution in [0.1, 0.15) is 31.2 Å². The lowest BCUT2D eigenvalue weighted by atomic mass is 9.96. The van der Waals surface area contributed by atoms with E-state index >= 15 is 0 Å². The van der Waals surface area contributed by atoms with Crippen LogP contribution in [0.15, 0.2) is 24.4 Å². The van der Waals surface area contributed by atoms with E-state index in [2.05, 4.69) is 14.7 Å². The molecule has 0 saturated carbocycles. The highest BCUT2D eigenvalue weighted by Crippen LogP contribution is 2.29. The first-order valence-electron chi connectivity index (χ1n) is 9.07. The number of ether oxygens (including phenoxy) is 2. The summed E-state index contributed by atoms with van der Waals surface area (Å²) in [6.07, 6.45) is -0.888. The van der Waals surface area contributed by atoms with Gasteiger partial charge >= 0.3 is 12.7 Å². The number of carbonyl (C=O) groups is 1. The van der Waals surface area contributed by atoms with Gasteiger partial charge < -0.3 is 14.6 Å². The van der Waals surface area contributed by atoms with Crippen molar-refractivity contribution in [2.75, 3.05) is 11.5 Å². The van der Waals surface area contributed by atoms with Crippen LogP contribution in [0, 0.1) is 11.6 Å². The Morgan fingerprint density at radius 1 is 1.30 bits per heavy atom. The monoisotopic (exact) mass is 429 g/mol. The average Bonchev–Trinajstić information content (AvgIpc) is 3.04. The Hall–Kier alpha value is -2.95. The standard InChI is InChI=1S/C19H19F4N3O4/c1-9(12-4-3-11(6-13(12)20)30-18(22)23)5-16-24-7-14(21)17(25-16)26-15(10(2)27)8-29-19(26)28/h3-4,6-7,9-10,15,18,27H,5,8H2,1-2H3/t9-,10-,15-/m1/s1. The topological polar surface area (TPSA) is 84.8 Å². The molecule has 0 unspecified atom stereocenters. The van der Waals surface area contributed by atoms with E-state index in [-0.39, 0.29) is 36.0 Å². The fraction of sp³-hybridized carbons (Fsp3) is 0.421. The Morgan fingerprint density at radius 2 is 2.03 bits per heavy atom. The predicted molar refractivity (Wildman–Crippen MR) is 96.4 cm³/mol. The number of aliphatic hydroxyl groups is 1. The molecule has 0 radical (unpaired) electrons. The van der Waals surface area contributed by atoms with Gasteiger partial charge in [-0.25, -0.2) is 28.4 Å². The van der Waals surface area contributed by atoms with E-state index in [4.69, 9.17) is 4.74 Å². The number of cyclic esters (lactones) is 1. The molecule has 1 fully saturated rings. The molecule has 30 heavy (non-hydrogen) atoms. The largest absolute Gasteiger partial charge is 0.447 e. The minimum atomic E-state index is -3.07. The second kappa shape index (κ2) is 8.82. The van der Waals surface area contributed by atoms with Gasteiger partial charge in [-0.2, -0.15) is 8.78 Å². The van der Waals surface area contributed by atoms with Crippen molar-refractivity contribution in [3.63, 3.8) is 0 Å². The molecule has 162 valence electrons. The summed E-state index contributed by atoms with van der Waals surface area (Å²) < 4.78 is 62.2. The van der Waals surface area contributed by atoms with E-state index in [1.165, 1.54) is 19.1 Å². The molecular weight excluding hydrogens is 410 g/mol. The molecule has 1 N–H and O–H groups in total. The van der Waals surface area contributed by atoms with Crippen LogP contribution >= 0.6 is 0 Å². The van der Waals surface area contributed by atoms with Crippen molar-refractivity contribution in [2.24, 2.45) is 0 Å². The van der Waals surface area contributed by atoms with Crippen LogP contribution < -0.4 is 9.64 Å². The lowest BCUT2D eigenvalue weighted by Crippen LogP contribution is -2.42. The molecule has 1 aliphatic rings. The van der Waals surface area contributed by atoms with Gasteiger partial charge in [0.1, 0.15) is 30.0 Å². The van der Waals surface area contributed by atoms with Crippen molar-refractivity contribution in [3.8, 4) is 5.75 Å². The average molecular weight is 429 g/mol. The smallest absolute Gasteiger partial charge is 0.416 e. The van der Waals surface area contributed by atoms with Crippen molar-refractivity contribution in [2.45, 2.75) is 44.9 Å². The van der Waals surface area contributed by atoms with E-state index in [0.29, 0.717) is 0 Å². The number of halogens is 4. The number of hydrogen-bond acceptors (Lipinski definition) is 6. The van der Waals surface area contributed by atoms with E-state index in [0.717, 1.165) is 17.2 Å². The Labute approximate surface area is 169 Å². The molecule has 1 amide bonds. The zero-order valence-corrected chi connectivity index (χ0v) is 16.1. The van der Waals surface area contributed by atoms with E-state index < -0.39 is 42.4 Å². The van der Waals surface area contributed by atoms with Gasteiger partial charge in [0.15, 0.2) is 11.6 Å². The quantitative estimate of drug-likeness (QED) is 0.679. The van der Waals surface area contributed by atoms with Gasteiger partial charge in [0.2, 0.25) is 0 Å². The molecule has 1 aromatic carbocycles. The third kappa shape index (κ3) is 4.61. The molecule has 3 rings (SSSR count). The number of aliphatic hydroxyl groups excluding tert-OH is 1. The number of rotatable bonds is 7. The molecule has 3 atom stereocenters. The Kier molecular flexibility index (Phi) is 6.40. The maximum absolute atomic E-state index is 14.3. The van der Waals surface area contributed by atoms with Crippen LogP contribution in [0.25, 0.3) is 0 Å². The summed E-state index contributed by atoms with van der Waals surface area (Å²) in [4.78, 5) is 20.9. The van der Waals surface area contributed by atoms with E-state index in [1.54, 1.807) is 6.92 Å². The lowest BCUT2D eigenvalue weighted by Gasteiger charge is -2.23. The summed E-state index contributed by atoms with van der Waals surface area (Å²) in [5.74, 6) is -2.66. The van der Waals surface area contributed by atoms with Crippen LogP contribution in [-0.2, 0) is 11.2 Å². The summed E-state index contributed by atoms with van der Waals surface area (Å²) in [6, 6.07) is 2.56. The van der Waals surface area contributed by atoms with Crippen molar-refractivity contribution >= 4 is 11.9 Å². The van der Waals surface area contributed by atoms with Gasteiger partial charge in [-0.3, -0.25) is 0 Å². The Balaban J connectivity index is 1.82. The maximum Gasteiger partial charge on any atom is 0.416 e. The summed E-state index contributed by atoms with van der Waals surface area (Å²) in [5, 5.41) is 9.82. The summed E-state index contributed by atoms with van der Waals surface area (Å²) >= 11 is 0. The Bertz CT molecular complexity index is 929. The third-order valence-electron chi connectivity index (χ3n) is 4.68. The van der Waals surface area contributed by atoms with Crippen molar-refractivity contribution in [1.29, 1.82) is 0 Å². The van der Waals surface area contributed by atoms with Crippen LogP contribution in [0.2, 0.25) is 0 Å². The normalized spacial score (nSPS) is 18.5. The molecule has 0 aliphatic carbocycles. The highest BCUT2D eigenvalue weighted by Gasteiger charge is 2.39. The highest BCUT2D eigenvalue weighted by atomic mass is 19.3. The zero-order valence-electron chi connectivity index (χ0n) is 16.1. The number of nitrogens with zero attached hydrogens (tertiary/aromatic N) is 3. The number of hydrogen-bond donors (Lipinski definition) is 1. The second-order valence-electron chi connectivity index (χ2n) is 6.88. The molecule has 2 aromatic rings. The number of amides is 1. The number of carbonyl (C=O) groups excluding carboxylic acids is 1. The van der Waals surface area contributed by atoms with E-state index in [9.17, 15) is 27.5 Å². The van der Waals surface area contributed by atoms with Crippen molar-refractivity contribution in [3.05, 3.63) is 47.4 Å². The van der Waals surface area contributed by atoms with Gasteiger partial charge in [0.05, 0.1) is 12.3 Å². The number of aromatic nitrogens is 2. The van der Waals surface area contributed by atoms with E-state index in [1.807, 2.05) is 0 Å². The zero-order chi connectivity index (χ0) is 22.0. The fourth-order valence-electron chi connectivity index (χ4n) is 3.16. The first-order chi connectivity index (χ1) is 14.2. The van der Waals surface area contributed by atoms with Crippen molar-refractivity contribution in [1.82, 2.24) is 9.97 Å². The van der Waals surface area contributed by atoms with Crippen molar-refractivity contribution < 1.29 is 36.9 Å². The molecule has 2 heterocycles. The first kappa shape index (κ1) is 21.8. The summed E-state index contributed by atoms with van der Waals surface area (Å²) in [6.45, 7) is -0.0989. The second-order valence-corrected chi connectivity index (χ2v) is 6.88. The van der Waals surface area contributed by atoms with Crippen LogP contribution in [0.3, 0.4) is 0 Å². The predicted octanol–water partition coefficient (Wildman–Crippen LogP) is 3.41. The van der Waals surface area contributed by atoms with Crippen LogP contribution in [0.4, 0.5) is 28.2 Å². The fourth-order valence-corrected chi connectivity index (χ4v) is 3.16. The van der Waals surface area contributed by atoms with Gasteiger partial charge in [0.25, 0.3) is 0 Å². The lowest BCUT2D eigenvalue weighted by molar-refractivity contribution is -0.0500. The number of anilines is 1. The number of benzene rings is 1. The molecule has 7 nitrogen and oxygen atoms in total. The highest BCUT2D eigenvalue weighted by molar-refractivity contribution is 5.89. The molecular formula is C19H19F4N3O4. The minimum absolute atomic E-state index is 0.0709. The molecule has 11 heteroatoms. The SMILES string of the molecule is C[C@H](Cc1ncc(F)c(N2C(=O)OC[C@@H]2[C@@H](C)O)n1)c1ccc(OC(F)F)cc1F. The van der Waals surface area contributed by atoms with Gasteiger partial charge in [0, 0.05) is 12.5 Å². The Morgan fingerprint density at radius 3 is 2.67 bits per heavy atom. The summed E-state index contributed by atoms with van der Waals surface area (Å²) in [7, 11) is 0. The first-order valence-corrected chi connectivity index (χ1v) is 9.07. The minimum Gasteiger partial charge on any atom is -0.447 e. The van der Waals surface area contributed by atoms with Crippen LogP contribution in [-0.4, -0.2) is 46.5 Å². The molecule has 0 bridgehead atoms.